The number of carboxylic acid groups (broad SMARTS) is 1. The van der Waals surface area contributed by atoms with Gasteiger partial charge in [-0.05, 0) is 20.8 Å². The molecule has 0 aliphatic carbocycles. The average molecular weight is 247 g/mol. The van der Waals surface area contributed by atoms with Crippen LogP contribution in [0.25, 0.3) is 0 Å². The van der Waals surface area contributed by atoms with Gasteiger partial charge in [-0.15, -0.1) is 0 Å². The molecule has 0 bridgehead atoms. The number of nitrogens with zero attached hydrogens (tertiary/aromatic N) is 1. The summed E-state index contributed by atoms with van der Waals surface area (Å²) in [5.74, 6) is -2.27. The van der Waals surface area contributed by atoms with E-state index in [1.165, 1.54) is 6.92 Å². The van der Waals surface area contributed by atoms with Crippen LogP contribution in [0.2, 0.25) is 0 Å². The summed E-state index contributed by atoms with van der Waals surface area (Å²) in [6.07, 6.45) is -0.676. The molecule has 1 fully saturated rings. The monoisotopic (exact) mass is 247 g/mol. The van der Waals surface area contributed by atoms with Gasteiger partial charge < -0.3 is 14.7 Å². The molecule has 98 valence electrons. The van der Waals surface area contributed by atoms with Gasteiger partial charge in [0.05, 0.1) is 6.54 Å². The van der Waals surface area contributed by atoms with E-state index in [0.717, 1.165) is 4.90 Å². The third-order valence-electron chi connectivity index (χ3n) is 2.70. The predicted octanol–water partition coefficient (Wildman–Crippen LogP) is 1.67. The Morgan fingerprint density at radius 2 is 2.00 bits per heavy atom. The van der Waals surface area contributed by atoms with Crippen molar-refractivity contribution in [2.75, 3.05) is 13.1 Å². The highest BCUT2D eigenvalue weighted by atomic mass is 19.1. The first-order valence-electron chi connectivity index (χ1n) is 5.46. The highest BCUT2D eigenvalue weighted by Gasteiger charge is 2.53. The topological polar surface area (TPSA) is 66.8 Å². The molecule has 1 heterocycles. The SMILES string of the molecule is C[C@@H]1CN(C(=O)OC(C)(C)C)C[C@@]1(F)C(=O)O. The van der Waals surface area contributed by atoms with Crippen molar-refractivity contribution in [3.05, 3.63) is 0 Å². The lowest BCUT2D eigenvalue weighted by atomic mass is 9.95. The number of carbonyl (C=O) groups is 2. The minimum atomic E-state index is -2.38. The molecule has 0 spiro atoms. The van der Waals surface area contributed by atoms with Crippen LogP contribution in [0.3, 0.4) is 0 Å². The van der Waals surface area contributed by atoms with Gasteiger partial charge in [0.25, 0.3) is 0 Å². The molecule has 0 radical (unpaired) electrons. The number of hydrogen-bond acceptors (Lipinski definition) is 3. The van der Waals surface area contributed by atoms with Crippen LogP contribution in [0, 0.1) is 5.92 Å². The molecule has 1 amide bonds. The Morgan fingerprint density at radius 1 is 1.47 bits per heavy atom. The minimum Gasteiger partial charge on any atom is -0.479 e. The maximum Gasteiger partial charge on any atom is 0.410 e. The molecule has 1 saturated heterocycles. The zero-order chi connectivity index (χ0) is 13.4. The molecule has 0 saturated carbocycles. The van der Waals surface area contributed by atoms with Crippen LogP contribution in [0.1, 0.15) is 27.7 Å². The van der Waals surface area contributed by atoms with E-state index in [0.29, 0.717) is 0 Å². The number of hydrogen-bond donors (Lipinski definition) is 1. The van der Waals surface area contributed by atoms with Crippen molar-refractivity contribution in [1.29, 1.82) is 0 Å². The van der Waals surface area contributed by atoms with Gasteiger partial charge in [-0.3, -0.25) is 0 Å². The summed E-state index contributed by atoms with van der Waals surface area (Å²) >= 11 is 0. The minimum absolute atomic E-state index is 0.0533. The van der Waals surface area contributed by atoms with E-state index in [2.05, 4.69) is 0 Å². The Hall–Kier alpha value is -1.33. The van der Waals surface area contributed by atoms with Crippen LogP contribution >= 0.6 is 0 Å². The summed E-state index contributed by atoms with van der Waals surface area (Å²) in [5, 5.41) is 8.82. The maximum absolute atomic E-state index is 14.0. The van der Waals surface area contributed by atoms with Gasteiger partial charge in [0.1, 0.15) is 5.60 Å². The van der Waals surface area contributed by atoms with Gasteiger partial charge in [0.2, 0.25) is 5.67 Å². The number of rotatable bonds is 1. The van der Waals surface area contributed by atoms with Crippen molar-refractivity contribution in [2.24, 2.45) is 5.92 Å². The number of aliphatic carboxylic acids is 1. The fraction of sp³-hybridized carbons (Fsp3) is 0.818. The molecule has 5 nitrogen and oxygen atoms in total. The largest absolute Gasteiger partial charge is 0.479 e. The number of halogens is 1. The first kappa shape index (κ1) is 13.7. The van der Waals surface area contributed by atoms with E-state index >= 15 is 0 Å². The van der Waals surface area contributed by atoms with Gasteiger partial charge >= 0.3 is 12.1 Å². The molecule has 0 aromatic heterocycles. The Balaban J connectivity index is 2.73. The highest BCUT2D eigenvalue weighted by Crippen LogP contribution is 2.32. The van der Waals surface area contributed by atoms with Gasteiger partial charge in [0, 0.05) is 12.5 Å². The molecule has 17 heavy (non-hydrogen) atoms. The number of ether oxygens (including phenoxy) is 1. The van der Waals surface area contributed by atoms with Crippen LogP contribution in [-0.4, -0.2) is 46.4 Å². The van der Waals surface area contributed by atoms with Crippen LogP contribution < -0.4 is 0 Å². The summed E-state index contributed by atoms with van der Waals surface area (Å²) < 4.78 is 19.1. The summed E-state index contributed by atoms with van der Waals surface area (Å²) in [7, 11) is 0. The second kappa shape index (κ2) is 4.16. The third-order valence-corrected chi connectivity index (χ3v) is 2.70. The standard InChI is InChI=1S/C11H18FNO4/c1-7-5-13(6-11(7,12)8(14)15)9(16)17-10(2,3)4/h7H,5-6H2,1-4H3,(H,14,15)/t7-,11+/m1/s1. The van der Waals surface area contributed by atoms with E-state index in [1.54, 1.807) is 20.8 Å². The molecule has 0 aromatic rings. The second-order valence-electron chi connectivity index (χ2n) is 5.43. The molecule has 1 rings (SSSR count). The van der Waals surface area contributed by atoms with Crippen molar-refractivity contribution in [3.8, 4) is 0 Å². The quantitative estimate of drug-likeness (QED) is 0.765. The van der Waals surface area contributed by atoms with Crippen LogP contribution in [0.15, 0.2) is 0 Å². The lowest BCUT2D eigenvalue weighted by Gasteiger charge is -2.24. The Morgan fingerprint density at radius 3 is 2.35 bits per heavy atom. The van der Waals surface area contributed by atoms with Crippen molar-refractivity contribution in [2.45, 2.75) is 39.0 Å². The van der Waals surface area contributed by atoms with E-state index in [9.17, 15) is 14.0 Å². The van der Waals surface area contributed by atoms with E-state index in [1.807, 2.05) is 0 Å². The van der Waals surface area contributed by atoms with E-state index in [4.69, 9.17) is 9.84 Å². The molecular weight excluding hydrogens is 229 g/mol. The average Bonchev–Trinajstić information content (AvgIpc) is 2.42. The zero-order valence-corrected chi connectivity index (χ0v) is 10.5. The first-order valence-corrected chi connectivity index (χ1v) is 5.46. The molecular formula is C11H18FNO4. The number of carboxylic acids is 1. The number of alkyl halides is 1. The van der Waals surface area contributed by atoms with Gasteiger partial charge in [-0.25, -0.2) is 14.0 Å². The van der Waals surface area contributed by atoms with Gasteiger partial charge in [-0.2, -0.15) is 0 Å². The lowest BCUT2D eigenvalue weighted by molar-refractivity contribution is -0.152. The number of likely N-dealkylation sites (tertiary alicyclic amines) is 1. The van der Waals surface area contributed by atoms with Crippen molar-refractivity contribution in [1.82, 2.24) is 4.90 Å². The summed E-state index contributed by atoms with van der Waals surface area (Å²) in [5.41, 5.74) is -3.05. The summed E-state index contributed by atoms with van der Waals surface area (Å²) in [6, 6.07) is 0. The third kappa shape index (κ3) is 2.87. The normalized spacial score (nSPS) is 29.2. The second-order valence-corrected chi connectivity index (χ2v) is 5.43. The van der Waals surface area contributed by atoms with Gasteiger partial charge in [0.15, 0.2) is 0 Å². The Bertz CT molecular complexity index is 339. The zero-order valence-electron chi connectivity index (χ0n) is 10.5. The fourth-order valence-corrected chi connectivity index (χ4v) is 1.72. The van der Waals surface area contributed by atoms with Crippen molar-refractivity contribution in [3.63, 3.8) is 0 Å². The lowest BCUT2D eigenvalue weighted by Crippen LogP contribution is -2.42. The first-order chi connectivity index (χ1) is 7.56. The Labute approximate surface area is 99.5 Å². The molecule has 1 N–H and O–H groups in total. The van der Waals surface area contributed by atoms with Crippen LogP contribution in [-0.2, 0) is 9.53 Å². The fourth-order valence-electron chi connectivity index (χ4n) is 1.72. The van der Waals surface area contributed by atoms with E-state index < -0.39 is 35.8 Å². The highest BCUT2D eigenvalue weighted by molar-refractivity contribution is 5.80. The Kier molecular flexibility index (Phi) is 3.36. The molecule has 2 atom stereocenters. The summed E-state index contributed by atoms with van der Waals surface area (Å²) in [4.78, 5) is 23.6. The number of amides is 1. The molecule has 0 unspecified atom stereocenters. The number of carbonyl (C=O) groups excluding carboxylic acids is 1. The van der Waals surface area contributed by atoms with Crippen molar-refractivity contribution < 1.29 is 23.8 Å². The molecule has 6 heteroatoms. The maximum atomic E-state index is 14.0. The molecule has 1 aliphatic heterocycles. The smallest absolute Gasteiger partial charge is 0.410 e. The molecule has 1 aliphatic rings. The summed E-state index contributed by atoms with van der Waals surface area (Å²) in [6.45, 7) is 6.16. The molecule has 0 aromatic carbocycles. The van der Waals surface area contributed by atoms with Crippen LogP contribution in [0.4, 0.5) is 9.18 Å². The van der Waals surface area contributed by atoms with Crippen molar-refractivity contribution >= 4 is 12.1 Å². The van der Waals surface area contributed by atoms with E-state index in [-0.39, 0.29) is 6.54 Å². The van der Waals surface area contributed by atoms with Crippen LogP contribution in [0.5, 0.6) is 0 Å². The van der Waals surface area contributed by atoms with Gasteiger partial charge in [-0.1, -0.05) is 6.92 Å². The predicted molar refractivity (Wildman–Crippen MR) is 58.4 cm³/mol.